The number of nitrogens with zero attached hydrogens (tertiary/aromatic N) is 3. The lowest BCUT2D eigenvalue weighted by atomic mass is 9.80. The van der Waals surface area contributed by atoms with Gasteiger partial charge in [0, 0.05) is 25.0 Å². The van der Waals surface area contributed by atoms with Crippen LogP contribution >= 0.6 is 0 Å². The second-order valence-electron chi connectivity index (χ2n) is 7.05. The molecule has 0 radical (unpaired) electrons. The van der Waals surface area contributed by atoms with Gasteiger partial charge in [-0.05, 0) is 62.0 Å². The maximum absolute atomic E-state index is 5.77. The van der Waals surface area contributed by atoms with E-state index in [1.54, 1.807) is 0 Å². The van der Waals surface area contributed by atoms with Crippen molar-refractivity contribution in [2.24, 2.45) is 23.5 Å². The molecule has 21 heavy (non-hydrogen) atoms. The molecule has 1 aromatic rings. The third kappa shape index (κ3) is 3.20. The Labute approximate surface area is 128 Å². The van der Waals surface area contributed by atoms with Crippen LogP contribution in [0.2, 0.25) is 0 Å². The summed E-state index contributed by atoms with van der Waals surface area (Å²) in [4.78, 5) is 11.8. The number of hydrogen-bond acceptors (Lipinski definition) is 4. The highest BCUT2D eigenvalue weighted by Crippen LogP contribution is 2.30. The van der Waals surface area contributed by atoms with E-state index in [2.05, 4.69) is 29.9 Å². The Kier molecular flexibility index (Phi) is 4.43. The van der Waals surface area contributed by atoms with Crippen molar-refractivity contribution >= 4 is 5.95 Å². The van der Waals surface area contributed by atoms with Crippen molar-refractivity contribution in [2.45, 2.75) is 46.0 Å². The Morgan fingerprint density at radius 1 is 1.29 bits per heavy atom. The number of hydrogen-bond donors (Lipinski definition) is 1. The monoisotopic (exact) mass is 288 g/mol. The maximum Gasteiger partial charge on any atom is 0.225 e. The van der Waals surface area contributed by atoms with E-state index in [9.17, 15) is 0 Å². The topological polar surface area (TPSA) is 55.0 Å². The molecule has 1 unspecified atom stereocenters. The minimum atomic E-state index is 0.686. The first-order valence-electron chi connectivity index (χ1n) is 8.47. The van der Waals surface area contributed by atoms with Crippen LogP contribution in [0.5, 0.6) is 0 Å². The Balaban J connectivity index is 1.70. The molecule has 1 fully saturated rings. The first-order valence-corrected chi connectivity index (χ1v) is 8.47. The molecular weight excluding hydrogens is 260 g/mol. The van der Waals surface area contributed by atoms with Crippen LogP contribution in [-0.2, 0) is 12.8 Å². The standard InChI is InChI=1S/C17H28N4/c1-12(2)14-3-4-16-15(9-14)11-19-17(20-16)21-7-5-13(10-18)6-8-21/h11-14H,3-10,18H2,1-2H3. The summed E-state index contributed by atoms with van der Waals surface area (Å²) < 4.78 is 0. The van der Waals surface area contributed by atoms with E-state index < -0.39 is 0 Å². The molecule has 0 aromatic carbocycles. The Morgan fingerprint density at radius 2 is 2.05 bits per heavy atom. The fourth-order valence-corrected chi connectivity index (χ4v) is 3.62. The molecule has 1 aromatic heterocycles. The Bertz CT molecular complexity index is 478. The highest BCUT2D eigenvalue weighted by molar-refractivity contribution is 5.35. The molecule has 3 rings (SSSR count). The van der Waals surface area contributed by atoms with Crippen LogP contribution in [0.4, 0.5) is 5.95 Å². The third-order valence-electron chi connectivity index (χ3n) is 5.35. The number of aromatic nitrogens is 2. The number of aryl methyl sites for hydroxylation is 1. The van der Waals surface area contributed by atoms with Gasteiger partial charge in [0.05, 0.1) is 0 Å². The second-order valence-corrected chi connectivity index (χ2v) is 7.05. The molecule has 1 atom stereocenters. The van der Waals surface area contributed by atoms with E-state index in [0.29, 0.717) is 5.92 Å². The van der Waals surface area contributed by atoms with Gasteiger partial charge in [0.1, 0.15) is 0 Å². The molecule has 0 spiro atoms. The predicted molar refractivity (Wildman–Crippen MR) is 86.4 cm³/mol. The first kappa shape index (κ1) is 14.8. The minimum Gasteiger partial charge on any atom is -0.341 e. The Morgan fingerprint density at radius 3 is 2.71 bits per heavy atom. The zero-order valence-corrected chi connectivity index (χ0v) is 13.4. The van der Waals surface area contributed by atoms with Crippen LogP contribution in [0.15, 0.2) is 6.20 Å². The van der Waals surface area contributed by atoms with E-state index >= 15 is 0 Å². The lowest BCUT2D eigenvalue weighted by molar-refractivity contribution is 0.339. The summed E-state index contributed by atoms with van der Waals surface area (Å²) in [5.41, 5.74) is 8.43. The largest absolute Gasteiger partial charge is 0.341 e. The molecule has 1 saturated heterocycles. The van der Waals surface area contributed by atoms with Crippen molar-refractivity contribution in [1.82, 2.24) is 9.97 Å². The summed E-state index contributed by atoms with van der Waals surface area (Å²) in [7, 11) is 0. The molecule has 1 aliphatic heterocycles. The number of fused-ring (bicyclic) bond motifs is 1. The molecule has 0 amide bonds. The zero-order valence-electron chi connectivity index (χ0n) is 13.4. The normalized spacial score (nSPS) is 23.4. The van der Waals surface area contributed by atoms with E-state index in [4.69, 9.17) is 10.7 Å². The van der Waals surface area contributed by atoms with Crippen molar-refractivity contribution in [2.75, 3.05) is 24.5 Å². The van der Waals surface area contributed by atoms with Crippen LogP contribution in [-0.4, -0.2) is 29.6 Å². The van der Waals surface area contributed by atoms with Gasteiger partial charge >= 0.3 is 0 Å². The van der Waals surface area contributed by atoms with Gasteiger partial charge < -0.3 is 10.6 Å². The van der Waals surface area contributed by atoms with E-state index in [1.807, 2.05) is 0 Å². The summed E-state index contributed by atoms with van der Waals surface area (Å²) in [5.74, 6) is 3.18. The molecule has 4 heteroatoms. The molecular formula is C17H28N4. The summed E-state index contributed by atoms with van der Waals surface area (Å²) >= 11 is 0. The minimum absolute atomic E-state index is 0.686. The smallest absolute Gasteiger partial charge is 0.225 e. The second kappa shape index (κ2) is 6.30. The number of rotatable bonds is 3. The average Bonchev–Trinajstić information content (AvgIpc) is 2.54. The van der Waals surface area contributed by atoms with Crippen LogP contribution in [0.25, 0.3) is 0 Å². The van der Waals surface area contributed by atoms with Crippen LogP contribution in [0, 0.1) is 17.8 Å². The zero-order chi connectivity index (χ0) is 14.8. The van der Waals surface area contributed by atoms with Crippen molar-refractivity contribution in [3.8, 4) is 0 Å². The molecule has 2 N–H and O–H groups in total. The highest BCUT2D eigenvalue weighted by atomic mass is 15.3. The summed E-state index contributed by atoms with van der Waals surface area (Å²) in [5, 5.41) is 0. The SMILES string of the molecule is CC(C)C1CCc2nc(N3CCC(CN)CC3)ncc2C1. The molecule has 2 aliphatic rings. The summed E-state index contributed by atoms with van der Waals surface area (Å²) in [6.45, 7) is 7.57. The van der Waals surface area contributed by atoms with Crippen molar-refractivity contribution in [1.29, 1.82) is 0 Å². The average molecular weight is 288 g/mol. The van der Waals surface area contributed by atoms with Gasteiger partial charge in [-0.25, -0.2) is 9.97 Å². The third-order valence-corrected chi connectivity index (χ3v) is 5.35. The molecule has 0 bridgehead atoms. The highest BCUT2D eigenvalue weighted by Gasteiger charge is 2.25. The molecule has 1 aliphatic carbocycles. The van der Waals surface area contributed by atoms with Gasteiger partial charge in [-0.1, -0.05) is 13.8 Å². The summed E-state index contributed by atoms with van der Waals surface area (Å²) in [6, 6.07) is 0. The lowest BCUT2D eigenvalue weighted by Gasteiger charge is -2.32. The molecule has 0 saturated carbocycles. The number of anilines is 1. The van der Waals surface area contributed by atoms with Gasteiger partial charge in [0.25, 0.3) is 0 Å². The lowest BCUT2D eigenvalue weighted by Crippen LogP contribution is -2.37. The number of nitrogens with two attached hydrogens (primary N) is 1. The first-order chi connectivity index (χ1) is 10.2. The molecule has 116 valence electrons. The van der Waals surface area contributed by atoms with Crippen LogP contribution in [0.3, 0.4) is 0 Å². The van der Waals surface area contributed by atoms with Crippen LogP contribution < -0.4 is 10.6 Å². The number of piperidine rings is 1. The predicted octanol–water partition coefficient (Wildman–Crippen LogP) is 2.41. The quantitative estimate of drug-likeness (QED) is 0.928. The van der Waals surface area contributed by atoms with Gasteiger partial charge in [-0.3, -0.25) is 0 Å². The van der Waals surface area contributed by atoms with Crippen molar-refractivity contribution < 1.29 is 0 Å². The van der Waals surface area contributed by atoms with Gasteiger partial charge in [-0.15, -0.1) is 0 Å². The fraction of sp³-hybridized carbons (Fsp3) is 0.765. The van der Waals surface area contributed by atoms with Gasteiger partial charge in [0.15, 0.2) is 0 Å². The van der Waals surface area contributed by atoms with E-state index in [-0.39, 0.29) is 0 Å². The molecule has 2 heterocycles. The Hall–Kier alpha value is -1.16. The summed E-state index contributed by atoms with van der Waals surface area (Å²) in [6.07, 6.45) is 7.98. The van der Waals surface area contributed by atoms with Crippen LogP contribution in [0.1, 0.15) is 44.4 Å². The maximum atomic E-state index is 5.77. The van der Waals surface area contributed by atoms with Gasteiger partial charge in [0.2, 0.25) is 5.95 Å². The van der Waals surface area contributed by atoms with Crippen molar-refractivity contribution in [3.05, 3.63) is 17.5 Å². The fourth-order valence-electron chi connectivity index (χ4n) is 3.62. The molecule has 4 nitrogen and oxygen atoms in total. The van der Waals surface area contributed by atoms with E-state index in [0.717, 1.165) is 50.3 Å². The van der Waals surface area contributed by atoms with Gasteiger partial charge in [-0.2, -0.15) is 0 Å². The van der Waals surface area contributed by atoms with E-state index in [1.165, 1.54) is 30.5 Å². The van der Waals surface area contributed by atoms with Crippen molar-refractivity contribution in [3.63, 3.8) is 0 Å².